The maximum atomic E-state index is 12.6. The third-order valence-electron chi connectivity index (χ3n) is 3.82. The number of hydrogen-bond donors (Lipinski definition) is 2. The van der Waals surface area contributed by atoms with Crippen molar-refractivity contribution in [3.8, 4) is 16.4 Å². The minimum Gasteiger partial charge on any atom is -0.378 e. The van der Waals surface area contributed by atoms with Crippen molar-refractivity contribution in [1.29, 1.82) is 0 Å². The molecular formula is C16H11N9O4S. The fraction of sp³-hybridized carbons (Fsp3) is 0. The van der Waals surface area contributed by atoms with Crippen LogP contribution in [0, 0.1) is 10.1 Å². The van der Waals surface area contributed by atoms with Crippen molar-refractivity contribution >= 4 is 35.0 Å². The number of carbonyl (C=O) groups is 1. The molecule has 3 N–H and O–H groups in total. The lowest BCUT2D eigenvalue weighted by Gasteiger charge is -2.03. The van der Waals surface area contributed by atoms with Crippen LogP contribution in [0.3, 0.4) is 0 Å². The lowest BCUT2D eigenvalue weighted by atomic mass is 10.2. The molecule has 0 saturated carbocycles. The Kier molecular flexibility index (Phi) is 4.96. The van der Waals surface area contributed by atoms with Crippen molar-refractivity contribution < 1.29 is 14.3 Å². The van der Waals surface area contributed by atoms with E-state index in [4.69, 9.17) is 5.73 Å². The second-order valence-corrected chi connectivity index (χ2v) is 6.64. The molecule has 1 amide bonds. The van der Waals surface area contributed by atoms with Gasteiger partial charge in [-0.05, 0) is 39.5 Å². The van der Waals surface area contributed by atoms with E-state index in [9.17, 15) is 14.9 Å². The van der Waals surface area contributed by atoms with Crippen molar-refractivity contribution in [1.82, 2.24) is 30.7 Å². The zero-order valence-electron chi connectivity index (χ0n) is 14.9. The molecule has 0 saturated heterocycles. The van der Waals surface area contributed by atoms with Gasteiger partial charge in [0.05, 0.1) is 16.0 Å². The average molecular weight is 425 g/mol. The first-order chi connectivity index (χ1) is 14.5. The Bertz CT molecular complexity index is 1230. The van der Waals surface area contributed by atoms with Crippen LogP contribution >= 0.6 is 11.3 Å². The smallest absolute Gasteiger partial charge is 0.294 e. The molecule has 1 aromatic carbocycles. The van der Waals surface area contributed by atoms with Gasteiger partial charge in [0.15, 0.2) is 5.69 Å². The summed E-state index contributed by atoms with van der Waals surface area (Å²) in [6.45, 7) is 0. The fourth-order valence-electron chi connectivity index (χ4n) is 2.46. The van der Waals surface area contributed by atoms with Gasteiger partial charge in [-0.2, -0.15) is 9.78 Å². The molecule has 0 atom stereocenters. The highest BCUT2D eigenvalue weighted by Gasteiger charge is 2.25. The zero-order valence-corrected chi connectivity index (χ0v) is 15.7. The second-order valence-electron chi connectivity index (χ2n) is 5.70. The first-order valence-corrected chi connectivity index (χ1v) is 9.08. The van der Waals surface area contributed by atoms with E-state index in [-0.39, 0.29) is 23.0 Å². The minimum absolute atomic E-state index is 0.0131. The van der Waals surface area contributed by atoms with Crippen LogP contribution in [-0.4, -0.2) is 42.4 Å². The highest BCUT2D eigenvalue weighted by Crippen LogP contribution is 2.29. The number of benzene rings is 1. The topological polar surface area (TPSA) is 180 Å². The number of nitrogens with two attached hydrogens (primary N) is 1. The molecule has 14 heteroatoms. The van der Waals surface area contributed by atoms with E-state index < -0.39 is 10.8 Å². The van der Waals surface area contributed by atoms with E-state index in [1.165, 1.54) is 46.5 Å². The van der Waals surface area contributed by atoms with Crippen molar-refractivity contribution in [2.45, 2.75) is 0 Å². The van der Waals surface area contributed by atoms with Gasteiger partial charge in [-0.15, -0.1) is 16.4 Å². The molecule has 0 spiro atoms. The minimum atomic E-state index is -0.627. The van der Waals surface area contributed by atoms with Crippen LogP contribution in [0.1, 0.15) is 16.1 Å². The van der Waals surface area contributed by atoms with Gasteiger partial charge in [-0.25, -0.2) is 10.1 Å². The molecule has 4 aromatic rings. The molecule has 150 valence electrons. The Morgan fingerprint density at radius 3 is 2.73 bits per heavy atom. The third kappa shape index (κ3) is 3.61. The van der Waals surface area contributed by atoms with Gasteiger partial charge in [0.25, 0.3) is 11.6 Å². The van der Waals surface area contributed by atoms with E-state index in [1.54, 1.807) is 12.1 Å². The Labute approximate surface area is 170 Å². The molecule has 3 aromatic heterocycles. The highest BCUT2D eigenvalue weighted by molar-refractivity contribution is 7.13. The number of hydrazone groups is 1. The van der Waals surface area contributed by atoms with Crippen molar-refractivity contribution in [3.63, 3.8) is 0 Å². The number of anilines is 1. The summed E-state index contributed by atoms with van der Waals surface area (Å²) in [5.74, 6) is -0.543. The van der Waals surface area contributed by atoms with E-state index >= 15 is 0 Å². The first kappa shape index (κ1) is 18.9. The molecule has 30 heavy (non-hydrogen) atoms. The predicted molar refractivity (Wildman–Crippen MR) is 105 cm³/mol. The predicted octanol–water partition coefficient (Wildman–Crippen LogP) is 1.63. The summed E-state index contributed by atoms with van der Waals surface area (Å²) in [5, 5.41) is 31.4. The van der Waals surface area contributed by atoms with Crippen molar-refractivity contribution in [3.05, 3.63) is 63.1 Å². The largest absolute Gasteiger partial charge is 0.378 e. The molecule has 13 nitrogen and oxygen atoms in total. The maximum Gasteiger partial charge on any atom is 0.294 e. The molecular weight excluding hydrogens is 414 g/mol. The summed E-state index contributed by atoms with van der Waals surface area (Å²) in [6.07, 6.45) is 1.34. The van der Waals surface area contributed by atoms with Crippen LogP contribution in [0.25, 0.3) is 16.4 Å². The van der Waals surface area contributed by atoms with E-state index in [0.29, 0.717) is 16.1 Å². The number of rotatable bonds is 6. The average Bonchev–Trinajstić information content (AvgIpc) is 3.48. The number of carbonyl (C=O) groups excluding carboxylic acids is 1. The summed E-state index contributed by atoms with van der Waals surface area (Å²) in [5.41, 5.74) is 8.93. The number of hydrogen-bond acceptors (Lipinski definition) is 11. The molecule has 0 fully saturated rings. The number of nitrogen functional groups attached to an aromatic ring is 1. The van der Waals surface area contributed by atoms with Crippen LogP contribution in [0.4, 0.5) is 11.5 Å². The van der Waals surface area contributed by atoms with E-state index in [1.807, 2.05) is 5.38 Å². The number of amides is 1. The quantitative estimate of drug-likeness (QED) is 0.263. The normalized spacial score (nSPS) is 11.1. The highest BCUT2D eigenvalue weighted by atomic mass is 32.1. The monoisotopic (exact) mass is 425 g/mol. The Hall–Kier alpha value is -4.46. The van der Waals surface area contributed by atoms with Crippen LogP contribution < -0.4 is 11.2 Å². The summed E-state index contributed by atoms with van der Waals surface area (Å²) in [6, 6.07) is 9.25. The number of nitro groups is 1. The number of nitro benzene ring substituents is 1. The molecule has 0 unspecified atom stereocenters. The van der Waals surface area contributed by atoms with Gasteiger partial charge >= 0.3 is 0 Å². The number of non-ortho nitro benzene ring substituents is 1. The van der Waals surface area contributed by atoms with E-state index in [2.05, 4.69) is 35.8 Å². The summed E-state index contributed by atoms with van der Waals surface area (Å²) < 4.78 is 5.86. The van der Waals surface area contributed by atoms with Crippen molar-refractivity contribution in [2.24, 2.45) is 5.10 Å². The zero-order chi connectivity index (χ0) is 21.1. The first-order valence-electron chi connectivity index (χ1n) is 8.20. The molecule has 0 aliphatic rings. The Morgan fingerprint density at radius 2 is 2.10 bits per heavy atom. The fourth-order valence-corrected chi connectivity index (χ4v) is 3.21. The van der Waals surface area contributed by atoms with Gasteiger partial charge in [-0.1, -0.05) is 11.3 Å². The molecule has 0 aliphatic heterocycles. The lowest BCUT2D eigenvalue weighted by Crippen LogP contribution is -2.19. The maximum absolute atomic E-state index is 12.6. The Morgan fingerprint density at radius 1 is 1.30 bits per heavy atom. The van der Waals surface area contributed by atoms with Crippen LogP contribution in [0.2, 0.25) is 0 Å². The molecule has 0 bridgehead atoms. The van der Waals surface area contributed by atoms with Crippen LogP contribution in [0.5, 0.6) is 0 Å². The number of aromatic nitrogens is 5. The van der Waals surface area contributed by atoms with Gasteiger partial charge < -0.3 is 5.73 Å². The number of nitrogens with one attached hydrogen (secondary N) is 1. The van der Waals surface area contributed by atoms with E-state index in [0.717, 1.165) is 0 Å². The second kappa shape index (κ2) is 7.88. The summed E-state index contributed by atoms with van der Waals surface area (Å²) in [4.78, 5) is 23.5. The SMILES string of the molecule is Nc1nonc1-n1nnc(C(=O)N/N=C\c2ccc([N+](=O)[O-])cc2)c1-c1cccs1. The third-order valence-corrected chi connectivity index (χ3v) is 4.70. The molecule has 0 radical (unpaired) electrons. The molecule has 0 aliphatic carbocycles. The number of nitrogens with zero attached hydrogens (tertiary/aromatic N) is 7. The summed E-state index contributed by atoms with van der Waals surface area (Å²) >= 11 is 1.36. The van der Waals surface area contributed by atoms with Gasteiger partial charge in [-0.3, -0.25) is 14.9 Å². The van der Waals surface area contributed by atoms with Gasteiger partial charge in [0.2, 0.25) is 11.6 Å². The number of thiophene rings is 1. The summed E-state index contributed by atoms with van der Waals surface area (Å²) in [7, 11) is 0. The molecule has 3 heterocycles. The Balaban J connectivity index is 1.59. The van der Waals surface area contributed by atoms with Gasteiger partial charge in [0.1, 0.15) is 5.69 Å². The van der Waals surface area contributed by atoms with Crippen LogP contribution in [-0.2, 0) is 0 Å². The van der Waals surface area contributed by atoms with Gasteiger partial charge in [0, 0.05) is 12.1 Å². The molecule has 4 rings (SSSR count). The van der Waals surface area contributed by atoms with Crippen molar-refractivity contribution in [2.75, 3.05) is 5.73 Å². The van der Waals surface area contributed by atoms with Crippen LogP contribution in [0.15, 0.2) is 51.5 Å². The lowest BCUT2D eigenvalue weighted by molar-refractivity contribution is -0.384. The standard InChI is InChI=1S/C16H11N9O4S/c17-14-15(22-29-21-14)24-13(11-2-1-7-30-11)12(19-23-24)16(26)20-18-8-9-3-5-10(6-4-9)25(27)28/h1-8H,(H2,17,21)(H,20,26)/b18-8-.